The van der Waals surface area contributed by atoms with Crippen LogP contribution in [-0.4, -0.2) is 60.2 Å². The zero-order valence-electron chi connectivity index (χ0n) is 14.2. The molecule has 0 aromatic rings. The van der Waals surface area contributed by atoms with Gasteiger partial charge in [-0.3, -0.25) is 14.9 Å². The molecule has 0 aliphatic carbocycles. The number of hydrogen-bond donors (Lipinski definition) is 2. The van der Waals surface area contributed by atoms with Crippen LogP contribution in [-0.2, 0) is 23.8 Å². The maximum Gasteiger partial charge on any atom is 0.263 e. The van der Waals surface area contributed by atoms with Crippen molar-refractivity contribution in [2.45, 2.75) is 64.3 Å². The Morgan fingerprint density at radius 2 is 1.96 bits per heavy atom. The molecule has 0 spiro atoms. The van der Waals surface area contributed by atoms with Gasteiger partial charge in [-0.1, -0.05) is 6.08 Å². The predicted octanol–water partition coefficient (Wildman–Crippen LogP) is 0.925. The highest BCUT2D eigenvalue weighted by atomic mass is 127. The first-order valence-electron chi connectivity index (χ1n) is 8.03. The Kier molecular flexibility index (Phi) is 6.77. The lowest BCUT2D eigenvalue weighted by Gasteiger charge is -2.26. The van der Waals surface area contributed by atoms with E-state index < -0.39 is 42.1 Å². The van der Waals surface area contributed by atoms with Crippen LogP contribution in [0.15, 0.2) is 9.66 Å². The molecule has 1 saturated heterocycles. The van der Waals surface area contributed by atoms with Crippen molar-refractivity contribution >= 4 is 34.4 Å². The number of carbonyl (C=O) groups excluding carboxylic acids is 2. The highest BCUT2D eigenvalue weighted by Gasteiger charge is 2.50. The summed E-state index contributed by atoms with van der Waals surface area (Å²) in [7, 11) is 0. The van der Waals surface area contributed by atoms with Gasteiger partial charge in [-0.2, -0.15) is 0 Å². The summed E-state index contributed by atoms with van der Waals surface area (Å²) in [6, 6.07) is 0. The molecule has 2 N–H and O–H groups in total. The second-order valence-corrected chi connectivity index (χ2v) is 7.68. The zero-order chi connectivity index (χ0) is 18.0. The van der Waals surface area contributed by atoms with Gasteiger partial charge in [0.1, 0.15) is 24.4 Å². The van der Waals surface area contributed by atoms with E-state index in [-0.39, 0.29) is 18.8 Å². The molecule has 0 bridgehead atoms. The molecular weight excluding hydrogens is 429 g/mol. The van der Waals surface area contributed by atoms with Crippen LogP contribution in [0.5, 0.6) is 0 Å². The summed E-state index contributed by atoms with van der Waals surface area (Å²) >= 11 is 1.86. The molecule has 2 amide bonds. The molecular formula is C16H24INO6. The second-order valence-electron chi connectivity index (χ2n) is 6.52. The van der Waals surface area contributed by atoms with Gasteiger partial charge < -0.3 is 19.3 Å². The number of halogens is 1. The Hall–Kier alpha value is -0.550. The lowest BCUT2D eigenvalue weighted by atomic mass is 9.93. The molecule has 24 heavy (non-hydrogen) atoms. The van der Waals surface area contributed by atoms with Gasteiger partial charge in [-0.05, 0) is 50.3 Å². The Morgan fingerprint density at radius 1 is 1.29 bits per heavy atom. The fourth-order valence-electron chi connectivity index (χ4n) is 2.78. The van der Waals surface area contributed by atoms with E-state index in [2.05, 4.69) is 5.32 Å². The first kappa shape index (κ1) is 19.8. The van der Waals surface area contributed by atoms with E-state index in [0.717, 1.165) is 0 Å². The normalized spacial score (nSPS) is 34.0. The molecule has 2 aliphatic heterocycles. The lowest BCUT2D eigenvalue weighted by molar-refractivity contribution is -0.136. The Morgan fingerprint density at radius 3 is 2.54 bits per heavy atom. The number of hydrogen-bond acceptors (Lipinski definition) is 6. The van der Waals surface area contributed by atoms with Crippen LogP contribution in [0.2, 0.25) is 0 Å². The van der Waals surface area contributed by atoms with Crippen LogP contribution >= 0.6 is 22.6 Å². The van der Waals surface area contributed by atoms with E-state index in [1.165, 1.54) is 6.08 Å². The number of aliphatic hydroxyl groups is 1. The summed E-state index contributed by atoms with van der Waals surface area (Å²) in [6.45, 7) is 7.82. The van der Waals surface area contributed by atoms with Gasteiger partial charge >= 0.3 is 0 Å². The van der Waals surface area contributed by atoms with Crippen molar-refractivity contribution in [2.75, 3.05) is 6.61 Å². The Bertz CT molecular complexity index is 521. The molecule has 8 heteroatoms. The van der Waals surface area contributed by atoms with Gasteiger partial charge in [0.15, 0.2) is 0 Å². The monoisotopic (exact) mass is 453 g/mol. The standard InChI is InChI=1S/C16H24INO6/c1-7(2)22-6-11-14(23-8(3)4)12(19)13(24-11)9-5-10(17)16(21)18-15(9)20/h5,7-9,11-14,19H,6H2,1-4H3,(H,18,20,21)/t9?,11-,12-,13-,14?/m1/s1. The van der Waals surface area contributed by atoms with Crippen LogP contribution in [0.1, 0.15) is 27.7 Å². The van der Waals surface area contributed by atoms with E-state index in [1.807, 2.05) is 50.3 Å². The molecule has 2 unspecified atom stereocenters. The minimum atomic E-state index is -0.988. The molecule has 5 atom stereocenters. The van der Waals surface area contributed by atoms with Crippen LogP contribution in [0.3, 0.4) is 0 Å². The molecule has 0 saturated carbocycles. The zero-order valence-corrected chi connectivity index (χ0v) is 16.3. The van der Waals surface area contributed by atoms with Gasteiger partial charge in [0.2, 0.25) is 5.91 Å². The first-order chi connectivity index (χ1) is 11.2. The fourth-order valence-corrected chi connectivity index (χ4v) is 3.30. The van der Waals surface area contributed by atoms with Crippen LogP contribution in [0, 0.1) is 5.92 Å². The van der Waals surface area contributed by atoms with Crippen molar-refractivity contribution in [3.8, 4) is 0 Å². The molecule has 136 valence electrons. The van der Waals surface area contributed by atoms with Gasteiger partial charge in [-0.15, -0.1) is 0 Å². The quantitative estimate of drug-likeness (QED) is 0.459. The van der Waals surface area contributed by atoms with E-state index in [0.29, 0.717) is 3.58 Å². The fraction of sp³-hybridized carbons (Fsp3) is 0.750. The van der Waals surface area contributed by atoms with Crippen molar-refractivity contribution in [3.63, 3.8) is 0 Å². The molecule has 1 fully saturated rings. The number of aliphatic hydroxyl groups excluding tert-OH is 1. The molecule has 2 heterocycles. The van der Waals surface area contributed by atoms with Crippen molar-refractivity contribution in [1.82, 2.24) is 5.32 Å². The number of imide groups is 1. The van der Waals surface area contributed by atoms with E-state index in [9.17, 15) is 14.7 Å². The third-order valence-electron chi connectivity index (χ3n) is 3.83. The van der Waals surface area contributed by atoms with E-state index >= 15 is 0 Å². The smallest absolute Gasteiger partial charge is 0.263 e. The third kappa shape index (κ3) is 4.54. The summed E-state index contributed by atoms with van der Waals surface area (Å²) in [4.78, 5) is 23.7. The molecule has 0 aromatic heterocycles. The van der Waals surface area contributed by atoms with Crippen molar-refractivity contribution in [3.05, 3.63) is 9.66 Å². The number of nitrogens with one attached hydrogen (secondary N) is 1. The summed E-state index contributed by atoms with van der Waals surface area (Å²) in [5.41, 5.74) is 0. The van der Waals surface area contributed by atoms with Gasteiger partial charge in [0.25, 0.3) is 5.91 Å². The molecule has 2 rings (SSSR count). The summed E-state index contributed by atoms with van der Waals surface area (Å²) < 4.78 is 17.7. The highest BCUT2D eigenvalue weighted by molar-refractivity contribution is 14.1. The third-order valence-corrected chi connectivity index (χ3v) is 4.68. The Labute approximate surface area is 155 Å². The second kappa shape index (κ2) is 8.22. The van der Waals surface area contributed by atoms with Gasteiger partial charge in [0, 0.05) is 0 Å². The van der Waals surface area contributed by atoms with Crippen LogP contribution < -0.4 is 5.32 Å². The van der Waals surface area contributed by atoms with E-state index in [4.69, 9.17) is 14.2 Å². The first-order valence-corrected chi connectivity index (χ1v) is 9.11. The minimum absolute atomic E-state index is 0.0148. The van der Waals surface area contributed by atoms with Crippen molar-refractivity contribution in [2.24, 2.45) is 5.92 Å². The number of rotatable bonds is 6. The van der Waals surface area contributed by atoms with Crippen LogP contribution in [0.25, 0.3) is 0 Å². The average Bonchev–Trinajstić information content (AvgIpc) is 2.77. The highest BCUT2D eigenvalue weighted by Crippen LogP contribution is 2.33. The molecule has 2 aliphatic rings. The number of ether oxygens (including phenoxy) is 3. The molecule has 0 radical (unpaired) electrons. The summed E-state index contributed by atoms with van der Waals surface area (Å²) in [6.07, 6.45) is -1.40. The largest absolute Gasteiger partial charge is 0.388 e. The molecule has 0 aromatic carbocycles. The number of carbonyl (C=O) groups is 2. The summed E-state index contributed by atoms with van der Waals surface area (Å²) in [5.74, 6) is -1.65. The Balaban J connectivity index is 2.18. The maximum absolute atomic E-state index is 12.1. The van der Waals surface area contributed by atoms with Crippen molar-refractivity contribution in [1.29, 1.82) is 0 Å². The SMILES string of the molecule is CC(C)OC[C@H]1O[C@H](C2C=C(I)C(=O)NC2=O)[C@@H](O)C1OC(C)C. The minimum Gasteiger partial charge on any atom is -0.388 e. The van der Waals surface area contributed by atoms with Gasteiger partial charge in [-0.25, -0.2) is 0 Å². The van der Waals surface area contributed by atoms with Crippen molar-refractivity contribution < 1.29 is 28.9 Å². The van der Waals surface area contributed by atoms with Gasteiger partial charge in [0.05, 0.1) is 28.3 Å². The number of amides is 2. The maximum atomic E-state index is 12.1. The lowest BCUT2D eigenvalue weighted by Crippen LogP contribution is -2.47. The van der Waals surface area contributed by atoms with E-state index in [1.54, 1.807) is 0 Å². The average molecular weight is 453 g/mol. The topological polar surface area (TPSA) is 94.1 Å². The van der Waals surface area contributed by atoms with Crippen LogP contribution in [0.4, 0.5) is 0 Å². The molecule has 7 nitrogen and oxygen atoms in total. The summed E-state index contributed by atoms with van der Waals surface area (Å²) in [5, 5.41) is 12.9. The predicted molar refractivity (Wildman–Crippen MR) is 94.5 cm³/mol.